The van der Waals surface area contributed by atoms with Crippen molar-refractivity contribution >= 4 is 29.1 Å². The fourth-order valence-corrected chi connectivity index (χ4v) is 5.07. The van der Waals surface area contributed by atoms with Gasteiger partial charge in [0.05, 0.1) is 11.4 Å². The predicted octanol–water partition coefficient (Wildman–Crippen LogP) is 2.73. The van der Waals surface area contributed by atoms with Crippen molar-refractivity contribution in [2.24, 2.45) is 7.05 Å². The van der Waals surface area contributed by atoms with Crippen LogP contribution in [0.4, 0.5) is 22.0 Å². The number of nitrogens with one attached hydrogen (secondary N) is 2. The fraction of sp³-hybridized carbons (Fsp3) is 0.583. The minimum Gasteiger partial charge on any atom is -0.336 e. The number of hydrogen-bond acceptors (Lipinski definition) is 6. The summed E-state index contributed by atoms with van der Waals surface area (Å²) in [5, 5.41) is 10.3. The van der Waals surface area contributed by atoms with Gasteiger partial charge in [0.25, 0.3) is 5.91 Å². The molecule has 10 nitrogen and oxygen atoms in total. The number of likely N-dealkylation sites (tertiary alicyclic amines) is 1. The molecule has 34 heavy (non-hydrogen) atoms. The molecule has 1 atom stereocenters. The molecule has 2 aliphatic heterocycles. The summed E-state index contributed by atoms with van der Waals surface area (Å²) < 4.78 is 1.51. The number of urea groups is 1. The predicted molar refractivity (Wildman–Crippen MR) is 133 cm³/mol. The molecule has 10 heteroatoms. The van der Waals surface area contributed by atoms with Crippen LogP contribution in [0.2, 0.25) is 0 Å². The molecule has 184 valence electrons. The van der Waals surface area contributed by atoms with Crippen molar-refractivity contribution in [2.75, 3.05) is 49.5 Å². The lowest BCUT2D eigenvalue weighted by Gasteiger charge is -2.38. The number of likely N-dealkylation sites (N-methyl/N-ethyl adjacent to an activating group) is 1. The molecule has 0 spiro atoms. The molecule has 0 aromatic carbocycles. The molecular weight excluding hydrogens is 432 g/mol. The summed E-state index contributed by atoms with van der Waals surface area (Å²) in [6.45, 7) is 11.8. The molecule has 1 unspecified atom stereocenters. The Labute approximate surface area is 201 Å². The normalized spacial score (nSPS) is 18.3. The number of nitrogens with zero attached hydrogens (tertiary/aromatic N) is 6. The Bertz CT molecular complexity index is 1030. The van der Waals surface area contributed by atoms with Crippen LogP contribution in [0.5, 0.6) is 0 Å². The SMILES string of the molecule is CCN(CC)CC1CCCCN1CCNC(=O)N1c2cccnc2NC(=O)c2c1c(C)nn2C. The third-order valence-electron chi connectivity index (χ3n) is 6.88. The first-order chi connectivity index (χ1) is 16.4. The highest BCUT2D eigenvalue weighted by molar-refractivity contribution is 6.16. The average Bonchev–Trinajstić information content (AvgIpc) is 3.04. The molecule has 0 radical (unpaired) electrons. The number of carbonyl (C=O) groups excluding carboxylic acids is 2. The summed E-state index contributed by atoms with van der Waals surface area (Å²) in [4.78, 5) is 37.2. The zero-order chi connectivity index (χ0) is 24.2. The molecule has 0 aliphatic carbocycles. The lowest BCUT2D eigenvalue weighted by Crippen LogP contribution is -2.50. The van der Waals surface area contributed by atoms with Crippen LogP contribution in [0, 0.1) is 6.92 Å². The van der Waals surface area contributed by atoms with Crippen molar-refractivity contribution in [3.63, 3.8) is 0 Å². The van der Waals surface area contributed by atoms with Crippen molar-refractivity contribution < 1.29 is 9.59 Å². The van der Waals surface area contributed by atoms with E-state index in [9.17, 15) is 9.59 Å². The molecule has 4 heterocycles. The van der Waals surface area contributed by atoms with Gasteiger partial charge >= 0.3 is 6.03 Å². The quantitative estimate of drug-likeness (QED) is 0.648. The van der Waals surface area contributed by atoms with Crippen LogP contribution in [0.25, 0.3) is 0 Å². The van der Waals surface area contributed by atoms with Gasteiger partial charge in [-0.2, -0.15) is 5.10 Å². The number of carbonyl (C=O) groups is 2. The first-order valence-electron chi connectivity index (χ1n) is 12.3. The van der Waals surface area contributed by atoms with Crippen LogP contribution >= 0.6 is 0 Å². The second kappa shape index (κ2) is 10.5. The maximum Gasteiger partial charge on any atom is 0.326 e. The Morgan fingerprint density at radius 2 is 2.09 bits per heavy atom. The monoisotopic (exact) mass is 468 g/mol. The summed E-state index contributed by atoms with van der Waals surface area (Å²) in [6, 6.07) is 3.77. The van der Waals surface area contributed by atoms with Gasteiger partial charge in [-0.15, -0.1) is 0 Å². The molecule has 4 rings (SSSR count). The standard InChI is InChI=1S/C24H36N8O2/c1-5-30(6-2)16-18-10-7-8-14-31(18)15-13-26-24(34)32-19-11-9-12-25-22(19)27-23(33)21-20(32)17(3)28-29(21)4/h9,11-12,18H,5-8,10,13-16H2,1-4H3,(H,26,34)(H,25,27,33). The van der Waals surface area contributed by atoms with E-state index in [2.05, 4.69) is 44.4 Å². The third kappa shape index (κ3) is 4.78. The first-order valence-corrected chi connectivity index (χ1v) is 12.3. The van der Waals surface area contributed by atoms with Gasteiger partial charge in [0.15, 0.2) is 11.5 Å². The van der Waals surface area contributed by atoms with Gasteiger partial charge in [-0.25, -0.2) is 9.78 Å². The lowest BCUT2D eigenvalue weighted by atomic mass is 10.0. The number of rotatable bonds is 7. The Morgan fingerprint density at radius 1 is 1.29 bits per heavy atom. The van der Waals surface area contributed by atoms with Crippen molar-refractivity contribution in [1.82, 2.24) is 29.9 Å². The molecule has 2 N–H and O–H groups in total. The van der Waals surface area contributed by atoms with Crippen LogP contribution in [0.1, 0.15) is 49.3 Å². The first kappa shape index (κ1) is 24.2. The van der Waals surface area contributed by atoms with Crippen molar-refractivity contribution in [1.29, 1.82) is 0 Å². The van der Waals surface area contributed by atoms with Crippen LogP contribution in [0.3, 0.4) is 0 Å². The van der Waals surface area contributed by atoms with E-state index < -0.39 is 0 Å². The summed E-state index contributed by atoms with van der Waals surface area (Å²) in [6.07, 6.45) is 5.25. The molecule has 2 aromatic rings. The largest absolute Gasteiger partial charge is 0.336 e. The van der Waals surface area contributed by atoms with Crippen molar-refractivity contribution in [3.8, 4) is 0 Å². The molecule has 1 fully saturated rings. The van der Waals surface area contributed by atoms with Gasteiger partial charge in [-0.3, -0.25) is 19.3 Å². The van der Waals surface area contributed by atoms with Gasteiger partial charge < -0.3 is 15.5 Å². The smallest absolute Gasteiger partial charge is 0.326 e. The maximum atomic E-state index is 13.5. The zero-order valence-electron chi connectivity index (χ0n) is 20.7. The molecular formula is C24H36N8O2. The second-order valence-corrected chi connectivity index (χ2v) is 8.97. The molecule has 0 bridgehead atoms. The van der Waals surface area contributed by atoms with Gasteiger partial charge in [-0.05, 0) is 51.5 Å². The van der Waals surface area contributed by atoms with Gasteiger partial charge in [0.2, 0.25) is 0 Å². The van der Waals surface area contributed by atoms with Gasteiger partial charge in [0, 0.05) is 38.9 Å². The van der Waals surface area contributed by atoms with E-state index >= 15 is 0 Å². The van der Waals surface area contributed by atoms with Crippen LogP contribution < -0.4 is 15.5 Å². The van der Waals surface area contributed by atoms with E-state index in [1.54, 1.807) is 32.3 Å². The Kier molecular flexibility index (Phi) is 7.47. The maximum absolute atomic E-state index is 13.5. The highest BCUT2D eigenvalue weighted by Crippen LogP contribution is 2.38. The highest BCUT2D eigenvalue weighted by atomic mass is 16.2. The van der Waals surface area contributed by atoms with Crippen LogP contribution in [0.15, 0.2) is 18.3 Å². The summed E-state index contributed by atoms with van der Waals surface area (Å²) in [7, 11) is 1.71. The summed E-state index contributed by atoms with van der Waals surface area (Å²) >= 11 is 0. The number of pyridine rings is 1. The van der Waals surface area contributed by atoms with Crippen molar-refractivity contribution in [2.45, 2.75) is 46.1 Å². The number of fused-ring (bicyclic) bond motifs is 2. The van der Waals surface area contributed by atoms with E-state index in [4.69, 9.17) is 0 Å². The number of anilines is 3. The molecule has 1 saturated heterocycles. The number of aromatic nitrogens is 3. The molecule has 0 saturated carbocycles. The fourth-order valence-electron chi connectivity index (χ4n) is 5.07. The minimum absolute atomic E-state index is 0.291. The lowest BCUT2D eigenvalue weighted by molar-refractivity contribution is 0.101. The Morgan fingerprint density at radius 3 is 2.85 bits per heavy atom. The van der Waals surface area contributed by atoms with Crippen molar-refractivity contribution in [3.05, 3.63) is 29.7 Å². The van der Waals surface area contributed by atoms with E-state index in [0.29, 0.717) is 41.2 Å². The number of aryl methyl sites for hydroxylation is 2. The number of piperidine rings is 1. The van der Waals surface area contributed by atoms with Gasteiger partial charge in [-0.1, -0.05) is 20.3 Å². The highest BCUT2D eigenvalue weighted by Gasteiger charge is 2.35. The van der Waals surface area contributed by atoms with E-state index in [0.717, 1.165) is 32.7 Å². The average molecular weight is 469 g/mol. The minimum atomic E-state index is -0.332. The molecule has 3 amide bonds. The van der Waals surface area contributed by atoms with Gasteiger partial charge in [0.1, 0.15) is 5.69 Å². The van der Waals surface area contributed by atoms with Crippen LogP contribution in [-0.4, -0.2) is 81.8 Å². The van der Waals surface area contributed by atoms with E-state index in [1.165, 1.54) is 28.8 Å². The van der Waals surface area contributed by atoms with E-state index in [-0.39, 0.29) is 11.9 Å². The Balaban J connectivity index is 1.51. The molecule has 2 aromatic heterocycles. The third-order valence-corrected chi connectivity index (χ3v) is 6.88. The Hall–Kier alpha value is -2.98. The summed E-state index contributed by atoms with van der Waals surface area (Å²) in [5.74, 6) is 0.0227. The zero-order valence-corrected chi connectivity index (χ0v) is 20.7. The number of amides is 3. The van der Waals surface area contributed by atoms with E-state index in [1.807, 2.05) is 0 Å². The van der Waals surface area contributed by atoms with Crippen LogP contribution in [-0.2, 0) is 7.05 Å². The number of hydrogen-bond donors (Lipinski definition) is 2. The summed E-state index contributed by atoms with van der Waals surface area (Å²) in [5.41, 5.74) is 1.96. The topological polar surface area (TPSA) is 98.6 Å². The molecule has 2 aliphatic rings. The second-order valence-electron chi connectivity index (χ2n) is 8.97.